The highest BCUT2D eigenvalue weighted by Gasteiger charge is 2.05. The minimum Gasteiger partial charge on any atom is -0.496 e. The molecule has 0 atom stereocenters. The summed E-state index contributed by atoms with van der Waals surface area (Å²) in [4.78, 5) is 4.27. The number of ether oxygens (including phenoxy) is 2. The van der Waals surface area contributed by atoms with E-state index in [-0.39, 0.29) is 0 Å². The third-order valence-corrected chi connectivity index (χ3v) is 5.16. The van der Waals surface area contributed by atoms with E-state index in [1.165, 1.54) is 0 Å². The quantitative estimate of drug-likeness (QED) is 0.307. The number of nitrogen functional groups attached to an aromatic ring is 1. The Kier molecular flexibility index (Phi) is 7.20. The minimum atomic E-state index is 0.398. The zero-order valence-electron chi connectivity index (χ0n) is 18.9. The molecule has 6 heteroatoms. The molecule has 0 spiro atoms. The van der Waals surface area contributed by atoms with Gasteiger partial charge in [0.1, 0.15) is 18.1 Å². The van der Waals surface area contributed by atoms with Crippen LogP contribution < -0.4 is 15.2 Å². The fourth-order valence-electron chi connectivity index (χ4n) is 3.32. The van der Waals surface area contributed by atoms with Gasteiger partial charge in [0.05, 0.1) is 24.2 Å². The van der Waals surface area contributed by atoms with E-state index >= 15 is 0 Å². The molecule has 0 aliphatic carbocycles. The molecule has 0 amide bonds. The van der Waals surface area contributed by atoms with Gasteiger partial charge in [-0.3, -0.25) is 10.1 Å². The maximum absolute atomic E-state index is 5.92. The van der Waals surface area contributed by atoms with Gasteiger partial charge in [-0.1, -0.05) is 30.9 Å². The van der Waals surface area contributed by atoms with Crippen molar-refractivity contribution in [3.8, 4) is 11.5 Å². The van der Waals surface area contributed by atoms with Crippen LogP contribution >= 0.6 is 0 Å². The lowest BCUT2D eigenvalue weighted by Gasteiger charge is -2.09. The summed E-state index contributed by atoms with van der Waals surface area (Å²) in [6.07, 6.45) is 11.4. The summed E-state index contributed by atoms with van der Waals surface area (Å²) >= 11 is 0. The van der Waals surface area contributed by atoms with Crippen LogP contribution in [-0.2, 0) is 6.61 Å². The number of hydrogen-bond acceptors (Lipinski definition) is 5. The fourth-order valence-corrected chi connectivity index (χ4v) is 3.32. The summed E-state index contributed by atoms with van der Waals surface area (Å²) in [6, 6.07) is 19.3. The van der Waals surface area contributed by atoms with Crippen molar-refractivity contribution in [3.63, 3.8) is 0 Å². The number of benzene rings is 2. The average molecular weight is 451 g/mol. The molecule has 34 heavy (non-hydrogen) atoms. The molecule has 2 heterocycles. The first-order valence-electron chi connectivity index (χ1n) is 10.8. The number of nitrogens with two attached hydrogens (primary N) is 1. The van der Waals surface area contributed by atoms with E-state index in [1.807, 2.05) is 85.0 Å². The molecule has 0 saturated heterocycles. The summed E-state index contributed by atoms with van der Waals surface area (Å²) in [5, 5.41) is 7.38. The van der Waals surface area contributed by atoms with Crippen LogP contribution in [0.5, 0.6) is 11.5 Å². The highest BCUT2D eigenvalue weighted by atomic mass is 16.5. The Bertz CT molecular complexity index is 1320. The van der Waals surface area contributed by atoms with Crippen LogP contribution in [-0.4, -0.2) is 22.3 Å². The van der Waals surface area contributed by atoms with Crippen LogP contribution in [0.25, 0.3) is 30.4 Å². The first-order valence-corrected chi connectivity index (χ1v) is 10.8. The van der Waals surface area contributed by atoms with Crippen molar-refractivity contribution in [1.82, 2.24) is 15.2 Å². The Morgan fingerprint density at radius 2 is 1.88 bits per heavy atom. The second kappa shape index (κ2) is 10.8. The SMILES string of the molecule is C=Cc1cc(/C=C/c2cc(/C=C/c3ccc(OCc4ccccn4)cc3OC)[nH]n2)ccc1N. The molecule has 2 aromatic carbocycles. The molecule has 0 unspecified atom stereocenters. The maximum Gasteiger partial charge on any atom is 0.130 e. The Morgan fingerprint density at radius 1 is 0.971 bits per heavy atom. The number of H-pyrrole nitrogens is 1. The summed E-state index contributed by atoms with van der Waals surface area (Å²) in [5.74, 6) is 1.44. The third-order valence-electron chi connectivity index (χ3n) is 5.16. The summed E-state index contributed by atoms with van der Waals surface area (Å²) in [7, 11) is 1.64. The van der Waals surface area contributed by atoms with E-state index in [0.29, 0.717) is 12.3 Å². The molecule has 4 aromatic rings. The van der Waals surface area contributed by atoms with Crippen molar-refractivity contribution in [2.75, 3.05) is 12.8 Å². The second-order valence-corrected chi connectivity index (χ2v) is 7.52. The molecule has 170 valence electrons. The van der Waals surface area contributed by atoms with Crippen LogP contribution in [0.15, 0.2) is 73.4 Å². The molecule has 3 N–H and O–H groups in total. The van der Waals surface area contributed by atoms with Crippen LogP contribution in [0.2, 0.25) is 0 Å². The predicted octanol–water partition coefficient (Wildman–Crippen LogP) is 5.96. The van der Waals surface area contributed by atoms with Crippen molar-refractivity contribution >= 4 is 36.1 Å². The predicted molar refractivity (Wildman–Crippen MR) is 139 cm³/mol. The van der Waals surface area contributed by atoms with Crippen LogP contribution in [0.3, 0.4) is 0 Å². The van der Waals surface area contributed by atoms with E-state index in [4.69, 9.17) is 15.2 Å². The van der Waals surface area contributed by atoms with Gasteiger partial charge < -0.3 is 15.2 Å². The van der Waals surface area contributed by atoms with E-state index in [1.54, 1.807) is 19.4 Å². The van der Waals surface area contributed by atoms with E-state index in [0.717, 1.165) is 45.3 Å². The molecule has 0 fully saturated rings. The van der Waals surface area contributed by atoms with Gasteiger partial charge in [-0.15, -0.1) is 0 Å². The van der Waals surface area contributed by atoms with Crippen molar-refractivity contribution in [1.29, 1.82) is 0 Å². The highest BCUT2D eigenvalue weighted by Crippen LogP contribution is 2.27. The number of pyridine rings is 1. The number of methoxy groups -OCH3 is 1. The Hall–Kier alpha value is -4.58. The summed E-state index contributed by atoms with van der Waals surface area (Å²) in [6.45, 7) is 4.19. The zero-order chi connectivity index (χ0) is 23.8. The first-order chi connectivity index (χ1) is 16.6. The van der Waals surface area contributed by atoms with Crippen LogP contribution in [0.1, 0.15) is 33.8 Å². The van der Waals surface area contributed by atoms with Crippen molar-refractivity contribution < 1.29 is 9.47 Å². The largest absolute Gasteiger partial charge is 0.496 e. The lowest BCUT2D eigenvalue weighted by Crippen LogP contribution is -1.98. The molecular weight excluding hydrogens is 424 g/mol. The Balaban J connectivity index is 1.42. The fraction of sp³-hybridized carbons (Fsp3) is 0.0714. The van der Waals surface area contributed by atoms with Gasteiger partial charge in [0, 0.05) is 23.5 Å². The molecule has 0 saturated carbocycles. The molecule has 0 bridgehead atoms. The topological polar surface area (TPSA) is 86.0 Å². The van der Waals surface area contributed by atoms with Gasteiger partial charge in [-0.25, -0.2) is 0 Å². The monoisotopic (exact) mass is 450 g/mol. The minimum absolute atomic E-state index is 0.398. The van der Waals surface area contributed by atoms with Crippen molar-refractivity contribution in [2.45, 2.75) is 6.61 Å². The lowest BCUT2D eigenvalue weighted by atomic mass is 10.1. The van der Waals surface area contributed by atoms with E-state index in [2.05, 4.69) is 21.8 Å². The molecular formula is C28H26N4O2. The summed E-state index contributed by atoms with van der Waals surface area (Å²) in [5.41, 5.74) is 12.1. The van der Waals surface area contributed by atoms with Crippen molar-refractivity contribution in [2.24, 2.45) is 0 Å². The van der Waals surface area contributed by atoms with Gasteiger partial charge in [0.15, 0.2) is 0 Å². The zero-order valence-corrected chi connectivity index (χ0v) is 18.9. The number of aromatic amines is 1. The van der Waals surface area contributed by atoms with E-state index < -0.39 is 0 Å². The van der Waals surface area contributed by atoms with Crippen LogP contribution in [0, 0.1) is 0 Å². The smallest absolute Gasteiger partial charge is 0.130 e. The summed E-state index contributed by atoms with van der Waals surface area (Å²) < 4.78 is 11.4. The highest BCUT2D eigenvalue weighted by molar-refractivity contribution is 5.75. The molecule has 0 aliphatic heterocycles. The van der Waals surface area contributed by atoms with Gasteiger partial charge in [0.25, 0.3) is 0 Å². The van der Waals surface area contributed by atoms with Crippen molar-refractivity contribution in [3.05, 3.63) is 107 Å². The molecule has 6 nitrogen and oxygen atoms in total. The number of hydrogen-bond donors (Lipinski definition) is 2. The molecule has 0 radical (unpaired) electrons. The Morgan fingerprint density at radius 3 is 2.68 bits per heavy atom. The number of aromatic nitrogens is 3. The average Bonchev–Trinajstić information content (AvgIpc) is 3.34. The van der Waals surface area contributed by atoms with E-state index in [9.17, 15) is 0 Å². The standard InChI is InChI=1S/C28H26N4O2/c1-3-21-16-20(8-14-27(21)29)7-11-23-17-24(32-31-23)12-9-22-10-13-26(18-28(22)33-2)34-19-25-6-4-5-15-30-25/h3-18H,1,19,29H2,2H3,(H,31,32)/b11-7+,12-9+. The van der Waals surface area contributed by atoms with Gasteiger partial charge in [-0.05, 0) is 71.8 Å². The second-order valence-electron chi connectivity index (χ2n) is 7.52. The molecule has 2 aromatic heterocycles. The van der Waals surface area contributed by atoms with Crippen LogP contribution in [0.4, 0.5) is 5.69 Å². The third kappa shape index (κ3) is 5.81. The first kappa shape index (κ1) is 22.6. The number of nitrogens with zero attached hydrogens (tertiary/aromatic N) is 2. The molecule has 4 rings (SSSR count). The van der Waals surface area contributed by atoms with Gasteiger partial charge >= 0.3 is 0 Å². The number of nitrogens with one attached hydrogen (secondary N) is 1. The molecule has 0 aliphatic rings. The van der Waals surface area contributed by atoms with Gasteiger partial charge in [-0.2, -0.15) is 5.10 Å². The number of rotatable bonds is 9. The number of anilines is 1. The normalized spacial score (nSPS) is 11.2. The maximum atomic E-state index is 5.92. The Labute approximate surface area is 199 Å². The van der Waals surface area contributed by atoms with Gasteiger partial charge in [0.2, 0.25) is 0 Å². The lowest BCUT2D eigenvalue weighted by molar-refractivity contribution is 0.299.